The Morgan fingerprint density at radius 1 is 1.23 bits per heavy atom. The number of amides is 1. The Hall–Kier alpha value is -3.04. The van der Waals surface area contributed by atoms with E-state index in [1.165, 1.54) is 42.3 Å². The van der Waals surface area contributed by atoms with Gasteiger partial charge in [0.2, 0.25) is 0 Å². The largest absolute Gasteiger partial charge is 0.433 e. The highest BCUT2D eigenvalue weighted by atomic mass is 32.2. The first-order valence-electron chi connectivity index (χ1n) is 7.32. The van der Waals surface area contributed by atoms with E-state index in [-0.39, 0.29) is 11.8 Å². The summed E-state index contributed by atoms with van der Waals surface area (Å²) in [6.07, 6.45) is 6.12. The molecule has 26 heavy (non-hydrogen) atoms. The zero-order valence-electron chi connectivity index (χ0n) is 13.1. The topological polar surface area (TPSA) is 89.0 Å². The van der Waals surface area contributed by atoms with E-state index < -0.39 is 4.92 Å². The lowest BCUT2D eigenvalue weighted by molar-refractivity contribution is -0.402. The van der Waals surface area contributed by atoms with E-state index in [9.17, 15) is 14.9 Å². The molecule has 9 heteroatoms. The fourth-order valence-electron chi connectivity index (χ4n) is 2.03. The summed E-state index contributed by atoms with van der Waals surface area (Å²) in [4.78, 5) is 22.8. The van der Waals surface area contributed by atoms with Gasteiger partial charge >= 0.3 is 5.88 Å². The molecule has 7 nitrogen and oxygen atoms in total. The number of carbonyl (C=O) groups excluding carboxylic acids is 1. The first-order valence-corrected chi connectivity index (χ1v) is 8.55. The number of furan rings is 1. The van der Waals surface area contributed by atoms with Crippen LogP contribution in [0, 0.1) is 10.1 Å². The van der Waals surface area contributed by atoms with E-state index in [1.54, 1.807) is 6.08 Å². The molecule has 2 aromatic rings. The number of nitrogens with zero attached hydrogens (tertiary/aromatic N) is 3. The van der Waals surface area contributed by atoms with Crippen LogP contribution in [0.3, 0.4) is 0 Å². The van der Waals surface area contributed by atoms with Crippen LogP contribution in [0.25, 0.3) is 12.2 Å². The number of carbonyl (C=O) groups is 1. The summed E-state index contributed by atoms with van der Waals surface area (Å²) in [5, 5.41) is 15.7. The van der Waals surface area contributed by atoms with Crippen LogP contribution in [0.2, 0.25) is 0 Å². The average Bonchev–Trinajstić information content (AvgIpc) is 3.19. The molecule has 0 aliphatic carbocycles. The van der Waals surface area contributed by atoms with E-state index in [1.807, 2.05) is 30.3 Å². The van der Waals surface area contributed by atoms with Crippen molar-refractivity contribution in [3.8, 4) is 0 Å². The zero-order chi connectivity index (χ0) is 18.5. The molecule has 1 aromatic heterocycles. The van der Waals surface area contributed by atoms with Crippen LogP contribution in [0.4, 0.5) is 5.88 Å². The minimum Gasteiger partial charge on any atom is -0.401 e. The Balaban J connectivity index is 1.67. The van der Waals surface area contributed by atoms with Crippen LogP contribution in [0.5, 0.6) is 0 Å². The second-order valence-electron chi connectivity index (χ2n) is 4.96. The van der Waals surface area contributed by atoms with Crippen LogP contribution in [0.1, 0.15) is 11.3 Å². The van der Waals surface area contributed by atoms with E-state index in [0.29, 0.717) is 15.0 Å². The minimum absolute atomic E-state index is 0.303. The molecule has 130 valence electrons. The van der Waals surface area contributed by atoms with Crippen LogP contribution in [-0.2, 0) is 4.79 Å². The zero-order valence-corrected chi connectivity index (χ0v) is 14.8. The second-order valence-corrected chi connectivity index (χ2v) is 6.64. The van der Waals surface area contributed by atoms with Gasteiger partial charge in [0.15, 0.2) is 4.32 Å². The van der Waals surface area contributed by atoms with Gasteiger partial charge in [0, 0.05) is 6.21 Å². The summed E-state index contributed by atoms with van der Waals surface area (Å²) in [5.74, 6) is -0.343. The van der Waals surface area contributed by atoms with Gasteiger partial charge in [-0.1, -0.05) is 42.1 Å². The summed E-state index contributed by atoms with van der Waals surface area (Å²) in [7, 11) is 0. The number of hydrogen-bond donors (Lipinski definition) is 0. The van der Waals surface area contributed by atoms with Crippen LogP contribution < -0.4 is 0 Å². The first-order chi connectivity index (χ1) is 12.5. The van der Waals surface area contributed by atoms with E-state index in [4.69, 9.17) is 16.6 Å². The number of allylic oxidation sites excluding steroid dienone is 1. The molecule has 0 spiro atoms. The monoisotopic (exact) mass is 385 g/mol. The van der Waals surface area contributed by atoms with E-state index >= 15 is 0 Å². The van der Waals surface area contributed by atoms with Gasteiger partial charge in [0.1, 0.15) is 10.7 Å². The molecular weight excluding hydrogens is 374 g/mol. The summed E-state index contributed by atoms with van der Waals surface area (Å²) in [5.41, 5.74) is 0.899. The van der Waals surface area contributed by atoms with Gasteiger partial charge in [0.25, 0.3) is 5.91 Å². The Morgan fingerprint density at radius 2 is 2.00 bits per heavy atom. The molecule has 0 radical (unpaired) electrons. The highest BCUT2D eigenvalue weighted by Crippen LogP contribution is 2.32. The predicted molar refractivity (Wildman–Crippen MR) is 104 cm³/mol. The third-order valence-electron chi connectivity index (χ3n) is 3.19. The smallest absolute Gasteiger partial charge is 0.401 e. The Kier molecular flexibility index (Phi) is 5.40. The van der Waals surface area contributed by atoms with E-state index in [0.717, 1.165) is 10.6 Å². The Labute approximate surface area is 157 Å². The molecule has 1 saturated heterocycles. The molecule has 0 saturated carbocycles. The van der Waals surface area contributed by atoms with Crippen molar-refractivity contribution in [2.24, 2.45) is 5.10 Å². The van der Waals surface area contributed by atoms with Crippen molar-refractivity contribution in [1.82, 2.24) is 5.01 Å². The number of nitro groups is 1. The van der Waals surface area contributed by atoms with Gasteiger partial charge in [-0.05, 0) is 42.1 Å². The Morgan fingerprint density at radius 3 is 2.69 bits per heavy atom. The van der Waals surface area contributed by atoms with Gasteiger partial charge in [-0.3, -0.25) is 14.9 Å². The number of thioether (sulfide) groups is 1. The molecule has 0 atom stereocenters. The van der Waals surface area contributed by atoms with E-state index in [2.05, 4.69) is 5.10 Å². The van der Waals surface area contributed by atoms with Crippen molar-refractivity contribution in [2.45, 2.75) is 0 Å². The van der Waals surface area contributed by atoms with Gasteiger partial charge < -0.3 is 4.42 Å². The molecule has 1 amide bonds. The van der Waals surface area contributed by atoms with Gasteiger partial charge in [-0.25, -0.2) is 0 Å². The number of thiocarbonyl (C=S) groups is 1. The normalized spacial score (nSPS) is 16.5. The third kappa shape index (κ3) is 4.13. The molecule has 1 aromatic carbocycles. The molecule has 0 N–H and O–H groups in total. The quantitative estimate of drug-likeness (QED) is 0.253. The summed E-state index contributed by atoms with van der Waals surface area (Å²) in [6, 6.07) is 12.2. The van der Waals surface area contributed by atoms with Crippen molar-refractivity contribution in [3.05, 3.63) is 74.9 Å². The van der Waals surface area contributed by atoms with Gasteiger partial charge in [0.05, 0.1) is 11.0 Å². The van der Waals surface area contributed by atoms with Crippen molar-refractivity contribution in [3.63, 3.8) is 0 Å². The molecule has 2 heterocycles. The number of hydrogen-bond acceptors (Lipinski definition) is 7. The maximum absolute atomic E-state index is 12.4. The molecule has 3 rings (SSSR count). The highest BCUT2D eigenvalue weighted by Gasteiger charge is 2.31. The lowest BCUT2D eigenvalue weighted by Crippen LogP contribution is -2.21. The standard InChI is InChI=1S/C17H11N3O4S2/c21-16-14(11-12-5-2-1-3-6-12)26-17(25)19(16)18-10-4-7-13-8-9-15(24-13)20(22)23/h1-11H/b7-4+,14-11+,18-10+. The molecule has 0 bridgehead atoms. The summed E-state index contributed by atoms with van der Waals surface area (Å²) >= 11 is 6.36. The first kappa shape index (κ1) is 17.8. The van der Waals surface area contributed by atoms with Crippen LogP contribution in [0.15, 0.2) is 63.0 Å². The second kappa shape index (κ2) is 7.89. The lowest BCUT2D eigenvalue weighted by atomic mass is 10.2. The fourth-order valence-corrected chi connectivity index (χ4v) is 3.21. The highest BCUT2D eigenvalue weighted by molar-refractivity contribution is 8.26. The number of benzene rings is 1. The van der Waals surface area contributed by atoms with Crippen molar-refractivity contribution < 1.29 is 14.1 Å². The molecular formula is C17H11N3O4S2. The third-order valence-corrected chi connectivity index (χ3v) is 4.47. The molecule has 0 unspecified atom stereocenters. The SMILES string of the molecule is O=C1/C(=C\c2ccccc2)SC(=S)N1/N=C/C=C/c1ccc([N+](=O)[O-])o1. The maximum Gasteiger partial charge on any atom is 0.433 e. The molecule has 1 fully saturated rings. The lowest BCUT2D eigenvalue weighted by Gasteiger charge is -2.04. The van der Waals surface area contributed by atoms with Crippen molar-refractivity contribution in [1.29, 1.82) is 0 Å². The summed E-state index contributed by atoms with van der Waals surface area (Å²) in [6.45, 7) is 0. The van der Waals surface area contributed by atoms with Gasteiger partial charge in [-0.2, -0.15) is 10.1 Å². The maximum atomic E-state index is 12.4. The summed E-state index contributed by atoms with van der Waals surface area (Å²) < 4.78 is 5.30. The Bertz CT molecular complexity index is 948. The molecule has 1 aliphatic heterocycles. The minimum atomic E-state index is -0.620. The van der Waals surface area contributed by atoms with Crippen LogP contribution >= 0.6 is 24.0 Å². The van der Waals surface area contributed by atoms with Crippen molar-refractivity contribution >= 4 is 58.5 Å². The van der Waals surface area contributed by atoms with Crippen LogP contribution in [-0.4, -0.2) is 26.4 Å². The van der Waals surface area contributed by atoms with Crippen molar-refractivity contribution in [2.75, 3.05) is 0 Å². The number of hydrazone groups is 1. The predicted octanol–water partition coefficient (Wildman–Crippen LogP) is 4.09. The molecule has 1 aliphatic rings. The fraction of sp³-hybridized carbons (Fsp3) is 0. The average molecular weight is 385 g/mol. The number of rotatable bonds is 5. The van der Waals surface area contributed by atoms with Gasteiger partial charge in [-0.15, -0.1) is 0 Å².